The summed E-state index contributed by atoms with van der Waals surface area (Å²) in [6.07, 6.45) is 7.63. The molecule has 0 saturated heterocycles. The van der Waals surface area contributed by atoms with Crippen molar-refractivity contribution >= 4 is 11.8 Å². The summed E-state index contributed by atoms with van der Waals surface area (Å²) in [5.41, 5.74) is 0.727. The maximum absolute atomic E-state index is 12.4. The Labute approximate surface area is 140 Å². The average Bonchev–Trinajstić information content (AvgIpc) is 2.42. The Kier molecular flexibility index (Phi) is 6.38. The number of carbonyl (C=O) groups is 2. The molecule has 1 saturated carbocycles. The van der Waals surface area contributed by atoms with Crippen molar-refractivity contribution in [2.75, 3.05) is 0 Å². The number of allylic oxidation sites excluding steroid dienone is 3. The van der Waals surface area contributed by atoms with Gasteiger partial charge in [-0.2, -0.15) is 0 Å². The number of Topliss-reactive ketones (excluding diaryl/α,β-unsaturated/α-hetero) is 1. The molecule has 23 heavy (non-hydrogen) atoms. The number of hydrogen-bond donors (Lipinski definition) is 1. The summed E-state index contributed by atoms with van der Waals surface area (Å²) in [5.74, 6) is -0.737. The van der Waals surface area contributed by atoms with Gasteiger partial charge in [0.2, 0.25) is 0 Å². The zero-order valence-corrected chi connectivity index (χ0v) is 15.3. The first-order chi connectivity index (χ1) is 10.5. The van der Waals surface area contributed by atoms with Crippen molar-refractivity contribution < 1.29 is 14.7 Å². The largest absolute Gasteiger partial charge is 0.481 e. The van der Waals surface area contributed by atoms with Crippen LogP contribution >= 0.6 is 0 Å². The monoisotopic (exact) mass is 320 g/mol. The fourth-order valence-electron chi connectivity index (χ4n) is 4.55. The summed E-state index contributed by atoms with van der Waals surface area (Å²) in [5, 5.41) is 9.40. The summed E-state index contributed by atoms with van der Waals surface area (Å²) in [6.45, 7) is 13.8. The molecule has 1 aliphatic carbocycles. The van der Waals surface area contributed by atoms with Crippen molar-refractivity contribution in [1.29, 1.82) is 0 Å². The summed E-state index contributed by atoms with van der Waals surface area (Å²) in [4.78, 5) is 23.8. The van der Waals surface area contributed by atoms with Gasteiger partial charge in [-0.1, -0.05) is 51.5 Å². The fraction of sp³-hybridized carbons (Fsp3) is 0.700. The molecule has 0 heterocycles. The van der Waals surface area contributed by atoms with Gasteiger partial charge in [-0.25, -0.2) is 0 Å². The molecule has 0 radical (unpaired) electrons. The molecule has 1 fully saturated rings. The highest BCUT2D eigenvalue weighted by Gasteiger charge is 2.51. The van der Waals surface area contributed by atoms with Crippen LogP contribution in [0.2, 0.25) is 0 Å². The molecule has 130 valence electrons. The van der Waals surface area contributed by atoms with E-state index in [4.69, 9.17) is 0 Å². The van der Waals surface area contributed by atoms with E-state index in [1.165, 1.54) is 0 Å². The van der Waals surface area contributed by atoms with Gasteiger partial charge in [-0.3, -0.25) is 9.59 Å². The lowest BCUT2D eigenvalue weighted by Crippen LogP contribution is -2.49. The number of ketones is 1. The Hall–Kier alpha value is -1.38. The van der Waals surface area contributed by atoms with Crippen molar-refractivity contribution in [2.45, 2.75) is 66.7 Å². The van der Waals surface area contributed by atoms with Crippen LogP contribution in [-0.4, -0.2) is 16.9 Å². The summed E-state index contributed by atoms with van der Waals surface area (Å²) in [6, 6.07) is 0. The minimum atomic E-state index is -0.767. The Morgan fingerprint density at radius 1 is 1.26 bits per heavy atom. The Balaban J connectivity index is 3.24. The van der Waals surface area contributed by atoms with Gasteiger partial charge in [0.25, 0.3) is 0 Å². The second-order valence-electron chi connectivity index (χ2n) is 8.05. The number of hydrogen-bond acceptors (Lipinski definition) is 2. The van der Waals surface area contributed by atoms with Crippen LogP contribution in [0, 0.1) is 22.7 Å². The molecule has 3 atom stereocenters. The van der Waals surface area contributed by atoms with Crippen LogP contribution in [0.5, 0.6) is 0 Å². The molecule has 1 rings (SSSR count). The van der Waals surface area contributed by atoms with Crippen LogP contribution in [-0.2, 0) is 9.59 Å². The minimum absolute atomic E-state index is 0.00703. The molecular formula is C20H32O3. The molecule has 0 spiro atoms. The molecule has 0 aromatic carbocycles. The normalized spacial score (nSPS) is 28.9. The highest BCUT2D eigenvalue weighted by molar-refractivity contribution is 5.79. The van der Waals surface area contributed by atoms with Crippen LogP contribution in [0.15, 0.2) is 24.3 Å². The molecule has 0 aromatic rings. The van der Waals surface area contributed by atoms with Crippen molar-refractivity contribution in [3.63, 3.8) is 0 Å². The van der Waals surface area contributed by atoms with E-state index in [1.54, 1.807) is 13.0 Å². The third kappa shape index (κ3) is 4.55. The van der Waals surface area contributed by atoms with E-state index >= 15 is 0 Å². The summed E-state index contributed by atoms with van der Waals surface area (Å²) < 4.78 is 0. The van der Waals surface area contributed by atoms with Gasteiger partial charge in [-0.05, 0) is 49.9 Å². The number of aliphatic carboxylic acids is 1. The zero-order valence-electron chi connectivity index (χ0n) is 15.3. The zero-order chi connectivity index (χ0) is 17.8. The lowest BCUT2D eigenvalue weighted by molar-refractivity contribution is -0.147. The SMILES string of the molecule is C=C/C(C)=C/C[C@H](C(C)=O)[C@]1(C)CCCC(C)(C)[C@H]1CC(=O)O. The Morgan fingerprint density at radius 3 is 2.35 bits per heavy atom. The van der Waals surface area contributed by atoms with Gasteiger partial charge >= 0.3 is 5.97 Å². The predicted molar refractivity (Wildman–Crippen MR) is 94.2 cm³/mol. The van der Waals surface area contributed by atoms with Crippen molar-refractivity contribution in [2.24, 2.45) is 22.7 Å². The van der Waals surface area contributed by atoms with Crippen LogP contribution < -0.4 is 0 Å². The number of rotatable bonds is 7. The first-order valence-corrected chi connectivity index (χ1v) is 8.56. The van der Waals surface area contributed by atoms with Crippen LogP contribution in [0.1, 0.15) is 66.7 Å². The number of carboxylic acid groups (broad SMARTS) is 1. The Bertz CT molecular complexity index is 501. The topological polar surface area (TPSA) is 54.4 Å². The first-order valence-electron chi connectivity index (χ1n) is 8.56. The van der Waals surface area contributed by atoms with E-state index in [2.05, 4.69) is 33.4 Å². The van der Waals surface area contributed by atoms with E-state index in [-0.39, 0.29) is 34.9 Å². The number of carboxylic acids is 1. The average molecular weight is 320 g/mol. The predicted octanol–water partition coefficient (Wildman–Crippen LogP) is 5.02. The van der Waals surface area contributed by atoms with Crippen molar-refractivity contribution in [3.8, 4) is 0 Å². The maximum atomic E-state index is 12.4. The number of carbonyl (C=O) groups excluding carboxylic acids is 1. The van der Waals surface area contributed by atoms with Gasteiger partial charge < -0.3 is 5.11 Å². The highest BCUT2D eigenvalue weighted by atomic mass is 16.4. The van der Waals surface area contributed by atoms with E-state index in [1.807, 2.05) is 6.92 Å². The third-order valence-corrected chi connectivity index (χ3v) is 5.94. The molecule has 0 unspecified atom stereocenters. The Morgan fingerprint density at radius 2 is 1.87 bits per heavy atom. The fourth-order valence-corrected chi connectivity index (χ4v) is 4.55. The first kappa shape index (κ1) is 19.7. The van der Waals surface area contributed by atoms with Crippen LogP contribution in [0.3, 0.4) is 0 Å². The molecule has 3 heteroatoms. The van der Waals surface area contributed by atoms with Crippen molar-refractivity contribution in [3.05, 3.63) is 24.3 Å². The lowest BCUT2D eigenvalue weighted by Gasteiger charge is -2.53. The standard InChI is InChI=1S/C20H32O3/c1-7-14(2)9-10-16(15(3)21)20(6)12-8-11-19(4,5)17(20)13-18(22)23/h7,9,16-17H,1,8,10-13H2,2-6H3,(H,22,23)/b14-9+/t16-,17-,20+/m1/s1. The van der Waals surface area contributed by atoms with E-state index in [0.29, 0.717) is 6.42 Å². The van der Waals surface area contributed by atoms with Gasteiger partial charge in [0.05, 0.1) is 0 Å². The van der Waals surface area contributed by atoms with Gasteiger partial charge in [0.1, 0.15) is 5.78 Å². The lowest BCUT2D eigenvalue weighted by atomic mass is 9.50. The molecule has 0 aromatic heterocycles. The quantitative estimate of drug-likeness (QED) is 0.670. The second-order valence-corrected chi connectivity index (χ2v) is 8.05. The molecule has 0 bridgehead atoms. The molecule has 0 aliphatic heterocycles. The molecular weight excluding hydrogens is 288 g/mol. The van der Waals surface area contributed by atoms with Crippen LogP contribution in [0.4, 0.5) is 0 Å². The highest BCUT2D eigenvalue weighted by Crippen LogP contribution is 2.57. The summed E-state index contributed by atoms with van der Waals surface area (Å²) in [7, 11) is 0. The van der Waals surface area contributed by atoms with Crippen molar-refractivity contribution in [1.82, 2.24) is 0 Å². The molecule has 1 aliphatic rings. The van der Waals surface area contributed by atoms with Gasteiger partial charge in [0.15, 0.2) is 0 Å². The van der Waals surface area contributed by atoms with Crippen LogP contribution in [0.25, 0.3) is 0 Å². The van der Waals surface area contributed by atoms with E-state index in [9.17, 15) is 14.7 Å². The van der Waals surface area contributed by atoms with E-state index < -0.39 is 5.97 Å². The minimum Gasteiger partial charge on any atom is -0.481 e. The summed E-state index contributed by atoms with van der Waals surface area (Å²) >= 11 is 0. The molecule has 3 nitrogen and oxygen atoms in total. The smallest absolute Gasteiger partial charge is 0.303 e. The second kappa shape index (κ2) is 7.46. The maximum Gasteiger partial charge on any atom is 0.303 e. The molecule has 0 amide bonds. The third-order valence-electron chi connectivity index (χ3n) is 5.94. The van der Waals surface area contributed by atoms with Gasteiger partial charge in [0, 0.05) is 12.3 Å². The van der Waals surface area contributed by atoms with Gasteiger partial charge in [-0.15, -0.1) is 0 Å². The molecule has 1 N–H and O–H groups in total. The van der Waals surface area contributed by atoms with E-state index in [0.717, 1.165) is 24.8 Å².